The van der Waals surface area contributed by atoms with Crippen molar-refractivity contribution in [2.75, 3.05) is 12.0 Å². The number of carboxylic acid groups (broad SMARTS) is 1. The summed E-state index contributed by atoms with van der Waals surface area (Å²) in [4.78, 5) is 22.6. The van der Waals surface area contributed by atoms with Gasteiger partial charge in [0.2, 0.25) is 5.91 Å². The number of benzene rings is 1. The molecule has 0 aliphatic rings. The van der Waals surface area contributed by atoms with Crippen molar-refractivity contribution in [2.24, 2.45) is 0 Å². The lowest BCUT2D eigenvalue weighted by Gasteiger charge is -2.12. The second-order valence-electron chi connectivity index (χ2n) is 3.92. The summed E-state index contributed by atoms with van der Waals surface area (Å²) in [7, 11) is 0. The van der Waals surface area contributed by atoms with Crippen LogP contribution in [0.5, 0.6) is 0 Å². The number of hydrogen-bond donors (Lipinski definition) is 2. The zero-order valence-corrected chi connectivity index (χ0v) is 11.5. The van der Waals surface area contributed by atoms with Crippen LogP contribution < -0.4 is 5.32 Å². The first-order chi connectivity index (χ1) is 9.13. The number of aliphatic carboxylic acids is 1. The summed E-state index contributed by atoms with van der Waals surface area (Å²) in [6.45, 7) is 0. The fourth-order valence-corrected chi connectivity index (χ4v) is 1.92. The first kappa shape index (κ1) is 15.3. The van der Waals surface area contributed by atoms with Crippen molar-refractivity contribution in [2.45, 2.75) is 12.5 Å². The Hall–Kier alpha value is -1.75. The Bertz CT molecular complexity index is 445. The standard InChI is InChI=1S/C14H17NO3S/c1-19-10-9-12(14(17)18)15-13(16)8-7-11-5-3-2-4-6-11/h2-8,12H,9-10H2,1H3,(H,15,16)(H,17,18)/b8-7+. The SMILES string of the molecule is CSCCC(NC(=O)/C=C/c1ccccc1)C(=O)O. The molecule has 0 saturated heterocycles. The minimum atomic E-state index is -1.00. The van der Waals surface area contributed by atoms with Gasteiger partial charge in [0.1, 0.15) is 6.04 Å². The maximum Gasteiger partial charge on any atom is 0.326 e. The number of rotatable bonds is 7. The molecule has 1 amide bonds. The molecule has 0 saturated carbocycles. The van der Waals surface area contributed by atoms with Crippen LogP contribution in [0.3, 0.4) is 0 Å². The summed E-state index contributed by atoms with van der Waals surface area (Å²) < 4.78 is 0. The maximum absolute atomic E-state index is 11.6. The Balaban J connectivity index is 2.53. The van der Waals surface area contributed by atoms with E-state index in [1.165, 1.54) is 6.08 Å². The molecular formula is C14H17NO3S. The van der Waals surface area contributed by atoms with Gasteiger partial charge in [0.25, 0.3) is 0 Å². The highest BCUT2D eigenvalue weighted by atomic mass is 32.2. The largest absolute Gasteiger partial charge is 0.480 e. The van der Waals surface area contributed by atoms with Crippen molar-refractivity contribution in [1.82, 2.24) is 5.32 Å². The molecule has 1 atom stereocenters. The Morgan fingerprint density at radius 1 is 1.37 bits per heavy atom. The molecular weight excluding hydrogens is 262 g/mol. The van der Waals surface area contributed by atoms with Crippen LogP contribution in [0.4, 0.5) is 0 Å². The van der Waals surface area contributed by atoms with Gasteiger partial charge in [-0.15, -0.1) is 0 Å². The first-order valence-corrected chi connectivity index (χ1v) is 7.28. The van der Waals surface area contributed by atoms with Crippen LogP contribution in [0.1, 0.15) is 12.0 Å². The van der Waals surface area contributed by atoms with Crippen LogP contribution in [0.25, 0.3) is 6.08 Å². The van der Waals surface area contributed by atoms with Crippen LogP contribution in [-0.4, -0.2) is 35.0 Å². The van der Waals surface area contributed by atoms with Crippen LogP contribution >= 0.6 is 11.8 Å². The van der Waals surface area contributed by atoms with E-state index in [2.05, 4.69) is 5.32 Å². The van der Waals surface area contributed by atoms with Crippen molar-refractivity contribution < 1.29 is 14.7 Å². The zero-order valence-electron chi connectivity index (χ0n) is 10.7. The zero-order chi connectivity index (χ0) is 14.1. The summed E-state index contributed by atoms with van der Waals surface area (Å²) in [5, 5.41) is 11.5. The first-order valence-electron chi connectivity index (χ1n) is 5.89. The van der Waals surface area contributed by atoms with Gasteiger partial charge in [-0.1, -0.05) is 30.3 Å². The topological polar surface area (TPSA) is 66.4 Å². The van der Waals surface area contributed by atoms with Crippen LogP contribution in [0.2, 0.25) is 0 Å². The molecule has 4 nitrogen and oxygen atoms in total. The monoisotopic (exact) mass is 279 g/mol. The lowest BCUT2D eigenvalue weighted by atomic mass is 10.2. The van der Waals surface area contributed by atoms with E-state index in [0.717, 1.165) is 5.56 Å². The quantitative estimate of drug-likeness (QED) is 0.749. The highest BCUT2D eigenvalue weighted by Gasteiger charge is 2.17. The van der Waals surface area contributed by atoms with Crippen molar-refractivity contribution >= 4 is 29.7 Å². The predicted molar refractivity (Wildman–Crippen MR) is 78.0 cm³/mol. The molecule has 0 spiro atoms. The third-order valence-corrected chi connectivity index (χ3v) is 3.10. The Morgan fingerprint density at radius 2 is 2.05 bits per heavy atom. The Labute approximate surface area is 116 Å². The minimum Gasteiger partial charge on any atom is -0.480 e. The lowest BCUT2D eigenvalue weighted by Crippen LogP contribution is -2.40. The van der Waals surface area contributed by atoms with Gasteiger partial charge < -0.3 is 10.4 Å². The molecule has 0 aliphatic heterocycles. The third-order valence-electron chi connectivity index (χ3n) is 2.45. The van der Waals surface area contributed by atoms with Crippen molar-refractivity contribution in [1.29, 1.82) is 0 Å². The van der Waals surface area contributed by atoms with Gasteiger partial charge in [-0.05, 0) is 30.1 Å². The lowest BCUT2D eigenvalue weighted by molar-refractivity contribution is -0.141. The van der Waals surface area contributed by atoms with Crippen molar-refractivity contribution in [3.63, 3.8) is 0 Å². The number of carbonyl (C=O) groups excluding carboxylic acids is 1. The third kappa shape index (κ3) is 6.10. The Kier molecular flexibility index (Phi) is 6.74. The van der Waals surface area contributed by atoms with E-state index in [4.69, 9.17) is 5.11 Å². The van der Waals surface area contributed by atoms with E-state index < -0.39 is 17.9 Å². The number of thioether (sulfide) groups is 1. The summed E-state index contributed by atoms with van der Waals surface area (Å²) in [6, 6.07) is 8.53. The van der Waals surface area contributed by atoms with Gasteiger partial charge in [-0.25, -0.2) is 4.79 Å². The molecule has 0 aromatic heterocycles. The van der Waals surface area contributed by atoms with E-state index >= 15 is 0 Å². The summed E-state index contributed by atoms with van der Waals surface area (Å²) >= 11 is 1.55. The second-order valence-corrected chi connectivity index (χ2v) is 4.91. The molecule has 0 bridgehead atoms. The number of carbonyl (C=O) groups is 2. The molecule has 102 valence electrons. The van der Waals surface area contributed by atoms with Crippen LogP contribution in [0.15, 0.2) is 36.4 Å². The number of nitrogens with one attached hydrogen (secondary N) is 1. The van der Waals surface area contributed by atoms with E-state index in [-0.39, 0.29) is 0 Å². The molecule has 1 unspecified atom stereocenters. The normalized spacial score (nSPS) is 12.3. The average Bonchev–Trinajstić information content (AvgIpc) is 2.42. The van der Waals surface area contributed by atoms with Gasteiger partial charge >= 0.3 is 5.97 Å². The molecule has 1 aromatic carbocycles. The van der Waals surface area contributed by atoms with Gasteiger partial charge in [-0.2, -0.15) is 11.8 Å². The molecule has 5 heteroatoms. The van der Waals surface area contributed by atoms with Gasteiger partial charge in [0, 0.05) is 6.08 Å². The van der Waals surface area contributed by atoms with E-state index in [9.17, 15) is 9.59 Å². The summed E-state index contributed by atoms with van der Waals surface area (Å²) in [5.74, 6) is -0.701. The van der Waals surface area contributed by atoms with Crippen LogP contribution in [-0.2, 0) is 9.59 Å². The number of carboxylic acids is 1. The maximum atomic E-state index is 11.6. The molecule has 0 fully saturated rings. The van der Waals surface area contributed by atoms with Crippen molar-refractivity contribution in [3.05, 3.63) is 42.0 Å². The fourth-order valence-electron chi connectivity index (χ4n) is 1.45. The highest BCUT2D eigenvalue weighted by Crippen LogP contribution is 2.03. The average molecular weight is 279 g/mol. The van der Waals surface area contributed by atoms with Gasteiger partial charge in [-0.3, -0.25) is 4.79 Å². The number of hydrogen-bond acceptors (Lipinski definition) is 3. The summed E-state index contributed by atoms with van der Waals surface area (Å²) in [5.41, 5.74) is 0.897. The van der Waals surface area contributed by atoms with Crippen LogP contribution in [0, 0.1) is 0 Å². The van der Waals surface area contributed by atoms with Gasteiger partial charge in [0.05, 0.1) is 0 Å². The van der Waals surface area contributed by atoms with E-state index in [0.29, 0.717) is 12.2 Å². The molecule has 2 N–H and O–H groups in total. The minimum absolute atomic E-state index is 0.391. The molecule has 19 heavy (non-hydrogen) atoms. The van der Waals surface area contributed by atoms with Gasteiger partial charge in [0.15, 0.2) is 0 Å². The molecule has 0 radical (unpaired) electrons. The predicted octanol–water partition coefficient (Wildman–Crippen LogP) is 2.02. The molecule has 1 rings (SSSR count). The van der Waals surface area contributed by atoms with Crippen molar-refractivity contribution in [3.8, 4) is 0 Å². The fraction of sp³-hybridized carbons (Fsp3) is 0.286. The number of amides is 1. The molecule has 1 aromatic rings. The molecule has 0 aliphatic carbocycles. The second kappa shape index (κ2) is 8.37. The summed E-state index contributed by atoms with van der Waals surface area (Å²) in [6.07, 6.45) is 5.32. The smallest absolute Gasteiger partial charge is 0.326 e. The highest BCUT2D eigenvalue weighted by molar-refractivity contribution is 7.98. The van der Waals surface area contributed by atoms with E-state index in [1.807, 2.05) is 36.6 Å². The molecule has 0 heterocycles. The Morgan fingerprint density at radius 3 is 2.63 bits per heavy atom. The van der Waals surface area contributed by atoms with E-state index in [1.54, 1.807) is 17.8 Å².